The summed E-state index contributed by atoms with van der Waals surface area (Å²) in [6.45, 7) is 4.83. The first-order chi connectivity index (χ1) is 16.4. The maximum absolute atomic E-state index is 12.9. The van der Waals surface area contributed by atoms with Gasteiger partial charge in [-0.1, -0.05) is 18.2 Å². The Balaban J connectivity index is 1.73. The number of Topliss-reactive ketones (excluding diaryl/α,β-unsaturated/α-hetero) is 1. The lowest BCUT2D eigenvalue weighted by Gasteiger charge is -2.17. The number of H-pyrrole nitrogens is 1. The van der Waals surface area contributed by atoms with Gasteiger partial charge in [-0.2, -0.15) is 0 Å². The van der Waals surface area contributed by atoms with Gasteiger partial charge < -0.3 is 15.6 Å². The number of hydrogen-bond donors (Lipinski definition) is 2. The highest BCUT2D eigenvalue weighted by atomic mass is 16.7. The van der Waals surface area contributed by atoms with Crippen molar-refractivity contribution in [2.45, 2.75) is 13.8 Å². The van der Waals surface area contributed by atoms with Gasteiger partial charge in [0.1, 0.15) is 11.4 Å². The van der Waals surface area contributed by atoms with E-state index < -0.39 is 11.8 Å². The maximum atomic E-state index is 12.9. The minimum Gasteiger partial charge on any atom is -0.395 e. The topological polar surface area (TPSA) is 131 Å². The Morgan fingerprint density at radius 3 is 2.56 bits per heavy atom. The SMILES string of the molecule is CCN(CC)OC(=O)c1cc2c([nH]c3ccccc32)c(-c2ccc3c(n2)C(=O)C(N)=CC3=O)n1. The number of benzene rings is 1. The predicted molar refractivity (Wildman–Crippen MR) is 126 cm³/mol. The van der Waals surface area contributed by atoms with Crippen molar-refractivity contribution < 1.29 is 19.2 Å². The van der Waals surface area contributed by atoms with Crippen LogP contribution in [-0.2, 0) is 4.84 Å². The fourth-order valence-electron chi connectivity index (χ4n) is 4.04. The minimum absolute atomic E-state index is 0.0373. The third-order valence-corrected chi connectivity index (χ3v) is 5.79. The highest BCUT2D eigenvalue weighted by Gasteiger charge is 2.27. The molecule has 0 radical (unpaired) electrons. The molecular formula is C25H21N5O4. The molecule has 0 fully saturated rings. The normalized spacial score (nSPS) is 13.4. The zero-order valence-corrected chi connectivity index (χ0v) is 18.6. The number of carbonyl (C=O) groups is 3. The molecule has 0 bridgehead atoms. The molecule has 0 amide bonds. The van der Waals surface area contributed by atoms with Crippen molar-refractivity contribution in [1.82, 2.24) is 20.0 Å². The molecular weight excluding hydrogens is 434 g/mol. The highest BCUT2D eigenvalue weighted by Crippen LogP contribution is 2.33. The number of hydroxylamine groups is 2. The van der Waals surface area contributed by atoms with E-state index in [0.29, 0.717) is 30.0 Å². The van der Waals surface area contributed by atoms with Crippen LogP contribution in [0.4, 0.5) is 0 Å². The van der Waals surface area contributed by atoms with Crippen LogP contribution in [0.25, 0.3) is 33.2 Å². The molecule has 0 unspecified atom stereocenters. The molecule has 9 nitrogen and oxygen atoms in total. The second-order valence-electron chi connectivity index (χ2n) is 7.83. The Labute approximate surface area is 194 Å². The average molecular weight is 455 g/mol. The van der Waals surface area contributed by atoms with Gasteiger partial charge in [0, 0.05) is 35.5 Å². The van der Waals surface area contributed by atoms with E-state index in [1.807, 2.05) is 38.1 Å². The van der Waals surface area contributed by atoms with Crippen LogP contribution in [0.1, 0.15) is 45.2 Å². The monoisotopic (exact) mass is 455 g/mol. The van der Waals surface area contributed by atoms with Crippen molar-refractivity contribution >= 4 is 39.3 Å². The van der Waals surface area contributed by atoms with E-state index in [1.54, 1.807) is 12.1 Å². The van der Waals surface area contributed by atoms with Crippen LogP contribution in [0.15, 0.2) is 54.2 Å². The lowest BCUT2D eigenvalue weighted by molar-refractivity contribution is -0.103. The second kappa shape index (κ2) is 8.20. The number of rotatable bonds is 5. The first-order valence-electron chi connectivity index (χ1n) is 10.9. The van der Waals surface area contributed by atoms with Crippen molar-refractivity contribution in [2.75, 3.05) is 13.1 Å². The van der Waals surface area contributed by atoms with Crippen molar-refractivity contribution in [2.24, 2.45) is 5.73 Å². The largest absolute Gasteiger partial charge is 0.395 e. The number of ketones is 2. The van der Waals surface area contributed by atoms with Crippen LogP contribution in [-0.4, -0.2) is 50.6 Å². The summed E-state index contributed by atoms with van der Waals surface area (Å²) in [5.74, 6) is -1.51. The Hall–Kier alpha value is -4.37. The number of nitrogens with two attached hydrogens (primary N) is 1. The smallest absolute Gasteiger partial charge is 0.375 e. The molecule has 1 aliphatic carbocycles. The lowest BCUT2D eigenvalue weighted by Crippen LogP contribution is -2.27. The van der Waals surface area contributed by atoms with Gasteiger partial charge in [-0.15, -0.1) is 5.06 Å². The fourth-order valence-corrected chi connectivity index (χ4v) is 4.04. The molecule has 4 aromatic rings. The van der Waals surface area contributed by atoms with E-state index >= 15 is 0 Å². The first-order valence-corrected chi connectivity index (χ1v) is 10.9. The predicted octanol–water partition coefficient (Wildman–Crippen LogP) is 3.41. The van der Waals surface area contributed by atoms with E-state index in [0.717, 1.165) is 22.4 Å². The Bertz CT molecular complexity index is 1530. The number of aromatic amines is 1. The second-order valence-corrected chi connectivity index (χ2v) is 7.83. The third kappa shape index (κ3) is 3.43. The molecule has 0 saturated carbocycles. The number of carbonyl (C=O) groups excluding carboxylic acids is 3. The van der Waals surface area contributed by atoms with Gasteiger partial charge in [0.05, 0.1) is 22.5 Å². The van der Waals surface area contributed by atoms with Gasteiger partial charge in [0.25, 0.3) is 0 Å². The van der Waals surface area contributed by atoms with Gasteiger partial charge in [-0.25, -0.2) is 14.8 Å². The molecule has 1 aromatic carbocycles. The molecule has 3 N–H and O–H groups in total. The number of fused-ring (bicyclic) bond motifs is 4. The van der Waals surface area contributed by atoms with Gasteiger partial charge in [0.15, 0.2) is 11.5 Å². The quantitative estimate of drug-likeness (QED) is 0.438. The Kier molecular flexibility index (Phi) is 5.18. The Morgan fingerprint density at radius 2 is 1.79 bits per heavy atom. The molecule has 0 spiro atoms. The van der Waals surface area contributed by atoms with Gasteiger partial charge in [-0.3, -0.25) is 9.59 Å². The molecule has 9 heteroatoms. The first kappa shape index (κ1) is 21.5. The molecule has 0 atom stereocenters. The summed E-state index contributed by atoms with van der Waals surface area (Å²) in [4.78, 5) is 55.6. The molecule has 0 aliphatic heterocycles. The van der Waals surface area contributed by atoms with Crippen LogP contribution in [0.2, 0.25) is 0 Å². The zero-order valence-electron chi connectivity index (χ0n) is 18.6. The number of aromatic nitrogens is 3. The summed E-state index contributed by atoms with van der Waals surface area (Å²) in [5, 5.41) is 3.18. The summed E-state index contributed by atoms with van der Waals surface area (Å²) < 4.78 is 0. The summed E-state index contributed by atoms with van der Waals surface area (Å²) in [6, 6.07) is 12.5. The summed E-state index contributed by atoms with van der Waals surface area (Å²) in [6.07, 6.45) is 1.10. The van der Waals surface area contributed by atoms with Crippen molar-refractivity contribution in [3.8, 4) is 11.4 Å². The highest BCUT2D eigenvalue weighted by molar-refractivity contribution is 6.23. The summed E-state index contributed by atoms with van der Waals surface area (Å²) >= 11 is 0. The molecule has 3 aromatic heterocycles. The molecule has 1 aliphatic rings. The molecule has 34 heavy (non-hydrogen) atoms. The third-order valence-electron chi connectivity index (χ3n) is 5.79. The van der Waals surface area contributed by atoms with Crippen LogP contribution >= 0.6 is 0 Å². The molecule has 0 saturated heterocycles. The van der Waals surface area contributed by atoms with Gasteiger partial charge in [-0.05, 0) is 38.1 Å². The van der Waals surface area contributed by atoms with E-state index in [2.05, 4.69) is 15.0 Å². The number of hydrogen-bond acceptors (Lipinski definition) is 8. The van der Waals surface area contributed by atoms with E-state index in [1.165, 1.54) is 11.1 Å². The number of nitrogens with zero attached hydrogens (tertiary/aromatic N) is 3. The Morgan fingerprint density at radius 1 is 1.03 bits per heavy atom. The van der Waals surface area contributed by atoms with Crippen molar-refractivity contribution in [3.63, 3.8) is 0 Å². The number of para-hydroxylation sites is 1. The zero-order chi connectivity index (χ0) is 24.0. The lowest BCUT2D eigenvalue weighted by atomic mass is 9.97. The fraction of sp³-hybridized carbons (Fsp3) is 0.160. The molecule has 5 rings (SSSR count). The number of allylic oxidation sites excluding steroid dienone is 2. The van der Waals surface area contributed by atoms with Gasteiger partial charge >= 0.3 is 5.97 Å². The van der Waals surface area contributed by atoms with E-state index in [4.69, 9.17) is 10.6 Å². The number of nitrogens with one attached hydrogen (secondary N) is 1. The van der Waals surface area contributed by atoms with Crippen molar-refractivity contribution in [1.29, 1.82) is 0 Å². The average Bonchev–Trinajstić information content (AvgIpc) is 3.23. The van der Waals surface area contributed by atoms with Crippen LogP contribution < -0.4 is 5.73 Å². The van der Waals surface area contributed by atoms with E-state index in [-0.39, 0.29) is 28.4 Å². The van der Waals surface area contributed by atoms with Crippen LogP contribution in [0, 0.1) is 0 Å². The standard InChI is InChI=1S/C25H21N5O4/c1-3-30(4-2)34-25(33)19-11-15-13-7-5-6-8-17(13)27-21(15)23(29-19)18-10-9-14-20(31)12-16(26)24(32)22(14)28-18/h5-12,27H,3-4,26H2,1-2H3. The molecule has 170 valence electrons. The molecule has 3 heterocycles. The van der Waals surface area contributed by atoms with Crippen LogP contribution in [0.3, 0.4) is 0 Å². The number of pyridine rings is 2. The van der Waals surface area contributed by atoms with E-state index in [9.17, 15) is 14.4 Å². The maximum Gasteiger partial charge on any atom is 0.375 e. The van der Waals surface area contributed by atoms with Gasteiger partial charge in [0.2, 0.25) is 5.78 Å². The summed E-state index contributed by atoms with van der Waals surface area (Å²) in [5.41, 5.74) is 7.96. The minimum atomic E-state index is -0.603. The van der Waals surface area contributed by atoms with Crippen molar-refractivity contribution in [3.05, 3.63) is 71.2 Å². The van der Waals surface area contributed by atoms with Crippen LogP contribution in [0.5, 0.6) is 0 Å². The summed E-state index contributed by atoms with van der Waals surface area (Å²) in [7, 11) is 0.